The van der Waals surface area contributed by atoms with Crippen molar-refractivity contribution in [2.45, 2.75) is 67.9 Å². The number of H-pyrrole nitrogens is 1. The number of aromatic amines is 1. The molecule has 204 valence electrons. The monoisotopic (exact) mass is 549 g/mol. The molecule has 6 nitrogen and oxygen atoms in total. The fourth-order valence-electron chi connectivity index (χ4n) is 5.49. The van der Waals surface area contributed by atoms with E-state index in [1.54, 1.807) is 0 Å². The average molecular weight is 550 g/mol. The number of pyridine rings is 1. The summed E-state index contributed by atoms with van der Waals surface area (Å²) in [6, 6.07) is 1.68. The van der Waals surface area contributed by atoms with E-state index < -0.39 is 20.9 Å². The highest BCUT2D eigenvalue weighted by Crippen LogP contribution is 3.02. The molecule has 0 unspecified atom stereocenters. The summed E-state index contributed by atoms with van der Waals surface area (Å²) in [5.74, 6) is 0.377. The molecule has 2 fully saturated rings. The molecule has 0 amide bonds. The summed E-state index contributed by atoms with van der Waals surface area (Å²) in [4.78, 5) is 12.0. The Hall–Kier alpha value is -2.51. The van der Waals surface area contributed by atoms with E-state index in [9.17, 15) is 28.9 Å². The van der Waals surface area contributed by atoms with E-state index in [-0.39, 0.29) is 30.2 Å². The van der Waals surface area contributed by atoms with Crippen LogP contribution >= 0.6 is 10.2 Å². The van der Waals surface area contributed by atoms with E-state index in [0.29, 0.717) is 73.2 Å². The van der Waals surface area contributed by atoms with Crippen LogP contribution in [0.15, 0.2) is 29.3 Å². The number of halogens is 6. The third kappa shape index (κ3) is 5.53. The zero-order valence-corrected chi connectivity index (χ0v) is 20.8. The second-order valence-electron chi connectivity index (χ2n) is 10.2. The number of nitrogens with two attached hydrogens (primary N) is 1. The van der Waals surface area contributed by atoms with Crippen molar-refractivity contribution >= 4 is 27.1 Å². The molecule has 1 saturated carbocycles. The fraction of sp³-hybridized carbons (Fsp3) is 0.500. The first-order chi connectivity index (χ1) is 17.2. The summed E-state index contributed by atoms with van der Waals surface area (Å²) >= 11 is 0. The van der Waals surface area contributed by atoms with Crippen LogP contribution in [0.5, 0.6) is 0 Å². The largest absolute Gasteiger partial charge is 0.398 e. The van der Waals surface area contributed by atoms with Gasteiger partial charge in [0.25, 0.3) is 0 Å². The normalized spacial score (nSPS) is 24.2. The highest BCUT2D eigenvalue weighted by molar-refractivity contribution is 8.45. The first kappa shape index (κ1) is 26.1. The second kappa shape index (κ2) is 8.50. The molecule has 1 saturated heterocycles. The van der Waals surface area contributed by atoms with Gasteiger partial charge in [0.2, 0.25) is 0 Å². The topological polar surface area (TPSA) is 91.1 Å². The van der Waals surface area contributed by atoms with Crippen LogP contribution in [0.25, 0.3) is 11.2 Å². The number of benzene rings is 1. The molecule has 1 aliphatic carbocycles. The molecule has 3 heterocycles. The predicted octanol–water partition coefficient (Wildman–Crippen LogP) is 6.73. The van der Waals surface area contributed by atoms with Crippen molar-refractivity contribution in [3.63, 3.8) is 0 Å². The van der Waals surface area contributed by atoms with Gasteiger partial charge >= 0.3 is 10.2 Å². The van der Waals surface area contributed by atoms with Gasteiger partial charge in [0, 0.05) is 23.7 Å². The van der Waals surface area contributed by atoms with Gasteiger partial charge in [-0.25, -0.2) is 14.4 Å². The molecule has 2 aliphatic rings. The number of aromatic nitrogens is 3. The number of fused-ring (bicyclic) bond motifs is 1. The molecule has 1 aromatic carbocycles. The number of nitrogens with one attached hydrogen (secondary N) is 1. The number of hydrogen-bond donors (Lipinski definition) is 3. The number of hydrogen-bond acceptors (Lipinski definition) is 5. The van der Waals surface area contributed by atoms with Crippen molar-refractivity contribution in [2.24, 2.45) is 0 Å². The SMILES string of the molecule is Nc1cc(S(F)(F)(F)(F)F)ccc1CN1CCC(c2c(F)cnc3nc(C4CCC(O)CC4)[nH]c23)CC1. The lowest BCUT2D eigenvalue weighted by molar-refractivity contribution is 0.121. The Morgan fingerprint density at radius 2 is 1.68 bits per heavy atom. The summed E-state index contributed by atoms with van der Waals surface area (Å²) in [7, 11) is -9.79. The molecule has 5 rings (SSSR count). The Morgan fingerprint density at radius 1 is 1.00 bits per heavy atom. The summed E-state index contributed by atoms with van der Waals surface area (Å²) in [6.45, 7) is 1.26. The van der Waals surface area contributed by atoms with Gasteiger partial charge in [-0.3, -0.25) is 4.90 Å². The van der Waals surface area contributed by atoms with E-state index in [1.807, 2.05) is 4.90 Å². The number of aliphatic hydroxyl groups is 1. The minimum Gasteiger partial charge on any atom is -0.398 e. The Morgan fingerprint density at radius 3 is 2.30 bits per heavy atom. The lowest BCUT2D eigenvalue weighted by Crippen LogP contribution is -2.33. The zero-order chi connectivity index (χ0) is 26.7. The summed E-state index contributed by atoms with van der Waals surface area (Å²) in [5, 5.41) is 9.78. The summed E-state index contributed by atoms with van der Waals surface area (Å²) in [6.07, 6.45) is 5.04. The van der Waals surface area contributed by atoms with E-state index in [0.717, 1.165) is 24.7 Å². The lowest BCUT2D eigenvalue weighted by atomic mass is 9.87. The Labute approximate surface area is 210 Å². The molecular formula is C24H29F6N5OS. The van der Waals surface area contributed by atoms with Gasteiger partial charge in [0.15, 0.2) is 5.65 Å². The van der Waals surface area contributed by atoms with Gasteiger partial charge < -0.3 is 15.8 Å². The van der Waals surface area contributed by atoms with Crippen molar-refractivity contribution in [1.82, 2.24) is 19.9 Å². The molecule has 1 aliphatic heterocycles. The van der Waals surface area contributed by atoms with Gasteiger partial charge in [-0.05, 0) is 75.2 Å². The number of nitrogen functional groups attached to an aromatic ring is 1. The van der Waals surface area contributed by atoms with Crippen molar-refractivity contribution in [3.05, 3.63) is 47.2 Å². The van der Waals surface area contributed by atoms with Crippen LogP contribution in [0.3, 0.4) is 0 Å². The first-order valence-electron chi connectivity index (χ1n) is 12.2. The second-order valence-corrected chi connectivity index (χ2v) is 12.6. The smallest absolute Gasteiger partial charge is 0.310 e. The van der Waals surface area contributed by atoms with Gasteiger partial charge in [-0.1, -0.05) is 25.5 Å². The predicted molar refractivity (Wildman–Crippen MR) is 131 cm³/mol. The molecule has 3 aromatic rings. The standard InChI is InChI=1S/C24H29F6N5OS/c25-19-12-32-24-22(33-23(34-24)15-1-4-17(36)5-2-15)21(19)14-7-9-35(10-8-14)13-16-3-6-18(11-20(16)31)37(26,27,28,29)30/h3,6,11-12,14-15,17,36H,1-2,4-5,7-10,13,31H2,(H,32,33,34). The van der Waals surface area contributed by atoms with E-state index in [2.05, 4.69) is 15.0 Å². The number of aliphatic hydroxyl groups excluding tert-OH is 1. The van der Waals surface area contributed by atoms with Crippen LogP contribution in [0.4, 0.5) is 29.5 Å². The van der Waals surface area contributed by atoms with E-state index in [4.69, 9.17) is 5.73 Å². The number of piperidine rings is 1. The van der Waals surface area contributed by atoms with Crippen LogP contribution in [-0.4, -0.2) is 44.2 Å². The van der Waals surface area contributed by atoms with Crippen molar-refractivity contribution in [2.75, 3.05) is 18.8 Å². The van der Waals surface area contributed by atoms with E-state index >= 15 is 0 Å². The minimum absolute atomic E-state index is 0.115. The van der Waals surface area contributed by atoms with Gasteiger partial charge in [0.05, 0.1) is 17.8 Å². The first-order valence-corrected chi connectivity index (χ1v) is 14.2. The number of rotatable bonds is 5. The van der Waals surface area contributed by atoms with Crippen molar-refractivity contribution in [3.8, 4) is 0 Å². The maximum Gasteiger partial charge on any atom is 0.310 e. The quantitative estimate of drug-likeness (QED) is 0.242. The number of imidazole rings is 1. The molecule has 0 radical (unpaired) electrons. The summed E-state index contributed by atoms with van der Waals surface area (Å²) in [5.41, 5.74) is 7.26. The Kier molecular flexibility index (Phi) is 6.00. The van der Waals surface area contributed by atoms with Gasteiger partial charge in [0.1, 0.15) is 16.5 Å². The molecule has 13 heteroatoms. The van der Waals surface area contributed by atoms with Crippen molar-refractivity contribution < 1.29 is 28.9 Å². The van der Waals surface area contributed by atoms with Crippen LogP contribution in [0, 0.1) is 5.82 Å². The highest BCUT2D eigenvalue weighted by atomic mass is 32.5. The van der Waals surface area contributed by atoms with Crippen LogP contribution in [0.1, 0.15) is 67.3 Å². The number of anilines is 1. The highest BCUT2D eigenvalue weighted by Gasteiger charge is 2.65. The third-order valence-electron chi connectivity index (χ3n) is 7.57. The molecule has 0 bridgehead atoms. The Balaban J connectivity index is 1.29. The minimum atomic E-state index is -9.79. The molecule has 4 N–H and O–H groups in total. The maximum atomic E-state index is 15.0. The Bertz CT molecular complexity index is 1320. The van der Waals surface area contributed by atoms with Crippen LogP contribution in [0.2, 0.25) is 0 Å². The third-order valence-corrected chi connectivity index (χ3v) is 8.71. The average Bonchev–Trinajstić information content (AvgIpc) is 3.24. The lowest BCUT2D eigenvalue weighted by Gasteiger charge is -2.40. The van der Waals surface area contributed by atoms with E-state index in [1.165, 1.54) is 6.20 Å². The molecular weight excluding hydrogens is 520 g/mol. The number of likely N-dealkylation sites (tertiary alicyclic amines) is 1. The van der Waals surface area contributed by atoms with Gasteiger partial charge in [-0.15, -0.1) is 0 Å². The van der Waals surface area contributed by atoms with Gasteiger partial charge in [-0.2, -0.15) is 0 Å². The fourth-order valence-corrected chi connectivity index (χ4v) is 6.16. The summed E-state index contributed by atoms with van der Waals surface area (Å²) < 4.78 is 80.3. The van der Waals surface area contributed by atoms with Crippen molar-refractivity contribution in [1.29, 1.82) is 0 Å². The molecule has 2 aromatic heterocycles. The molecule has 0 atom stereocenters. The zero-order valence-electron chi connectivity index (χ0n) is 19.9. The molecule has 0 spiro atoms. The molecule has 37 heavy (non-hydrogen) atoms. The number of nitrogens with zero attached hydrogens (tertiary/aromatic N) is 3. The van der Waals surface area contributed by atoms with Crippen LogP contribution < -0.4 is 5.73 Å². The maximum absolute atomic E-state index is 15.0. The van der Waals surface area contributed by atoms with Crippen LogP contribution in [-0.2, 0) is 6.54 Å².